The van der Waals surface area contributed by atoms with E-state index in [0.717, 1.165) is 22.6 Å². The molecule has 2 aromatic rings. The van der Waals surface area contributed by atoms with Gasteiger partial charge in [-0.3, -0.25) is 4.79 Å². The van der Waals surface area contributed by atoms with Gasteiger partial charge in [-0.05, 0) is 45.1 Å². The first-order chi connectivity index (χ1) is 11.5. The highest BCUT2D eigenvalue weighted by Gasteiger charge is 2.35. The van der Waals surface area contributed by atoms with Crippen molar-refractivity contribution in [1.82, 2.24) is 19.8 Å². The molecule has 1 aliphatic heterocycles. The zero-order valence-electron chi connectivity index (χ0n) is 14.3. The van der Waals surface area contributed by atoms with Crippen LogP contribution in [-0.4, -0.2) is 75.9 Å². The summed E-state index contributed by atoms with van der Waals surface area (Å²) in [7, 11) is 4.02. The maximum Gasteiger partial charge on any atom is 0.233 e. The number of rotatable bonds is 5. The summed E-state index contributed by atoms with van der Waals surface area (Å²) < 4.78 is 0. The molecular formula is C17H24N4O2S. The number of imidazole rings is 1. The fraction of sp³-hybridized carbons (Fsp3) is 0.529. The van der Waals surface area contributed by atoms with Gasteiger partial charge in [0.1, 0.15) is 0 Å². The molecule has 1 amide bonds. The number of carbonyl (C=O) groups excluding carboxylic acids is 1. The third kappa shape index (κ3) is 3.58. The molecule has 0 bridgehead atoms. The van der Waals surface area contributed by atoms with Gasteiger partial charge in [-0.25, -0.2) is 4.98 Å². The molecule has 2 N–H and O–H groups in total. The Hall–Kier alpha value is -1.57. The molecule has 3 rings (SSSR count). The number of thioether (sulfide) groups is 1. The van der Waals surface area contributed by atoms with E-state index in [0.29, 0.717) is 18.3 Å². The van der Waals surface area contributed by atoms with E-state index < -0.39 is 0 Å². The number of amides is 1. The lowest BCUT2D eigenvalue weighted by Gasteiger charge is -2.23. The zero-order chi connectivity index (χ0) is 17.3. The molecule has 1 aliphatic rings. The number of aryl methyl sites for hydroxylation is 1. The minimum atomic E-state index is -0.0798. The Kier molecular flexibility index (Phi) is 5.12. The van der Waals surface area contributed by atoms with Crippen molar-refractivity contribution in [3.05, 3.63) is 23.8 Å². The Labute approximate surface area is 146 Å². The summed E-state index contributed by atoms with van der Waals surface area (Å²) in [5, 5.41) is 10.3. The summed E-state index contributed by atoms with van der Waals surface area (Å²) in [5.74, 6) is 0.384. The van der Waals surface area contributed by atoms with Gasteiger partial charge in [0.15, 0.2) is 5.16 Å². The third-order valence-corrected chi connectivity index (χ3v) is 5.46. The van der Waals surface area contributed by atoms with Crippen LogP contribution in [0.25, 0.3) is 11.0 Å². The van der Waals surface area contributed by atoms with Crippen LogP contribution in [0.4, 0.5) is 0 Å². The number of aliphatic hydroxyl groups is 1. The Balaban J connectivity index is 1.63. The molecule has 0 spiro atoms. The van der Waals surface area contributed by atoms with Crippen molar-refractivity contribution in [2.45, 2.75) is 30.6 Å². The van der Waals surface area contributed by atoms with Gasteiger partial charge in [-0.15, -0.1) is 0 Å². The molecule has 130 valence electrons. The number of aromatic amines is 1. The Morgan fingerprint density at radius 2 is 2.29 bits per heavy atom. The number of nitrogens with one attached hydrogen (secondary N) is 1. The second-order valence-corrected chi connectivity index (χ2v) is 7.55. The summed E-state index contributed by atoms with van der Waals surface area (Å²) in [6, 6.07) is 6.30. The molecule has 2 heterocycles. The van der Waals surface area contributed by atoms with Crippen LogP contribution in [0.3, 0.4) is 0 Å². The number of H-pyrrole nitrogens is 1. The number of hydrogen-bond acceptors (Lipinski definition) is 5. The van der Waals surface area contributed by atoms with Crippen molar-refractivity contribution in [3.8, 4) is 0 Å². The topological polar surface area (TPSA) is 72.5 Å². The average Bonchev–Trinajstić information content (AvgIpc) is 3.15. The predicted octanol–water partition coefficient (Wildman–Crippen LogP) is 1.49. The molecule has 0 unspecified atom stereocenters. The maximum atomic E-state index is 12.6. The smallest absolute Gasteiger partial charge is 0.233 e. The van der Waals surface area contributed by atoms with Crippen molar-refractivity contribution < 1.29 is 9.90 Å². The number of benzene rings is 1. The standard InChI is InChI=1S/C17H24N4O2S/c1-11-4-5-14-15(6-11)19-17(18-14)24-10-16(23)21-8-12(20(2)3)7-13(21)9-22/h4-6,12-13,22H,7-10H2,1-3H3,(H,18,19)/t12-,13+/m1/s1. The predicted molar refractivity (Wildman–Crippen MR) is 96.2 cm³/mol. The number of aromatic nitrogens is 2. The van der Waals surface area contributed by atoms with Gasteiger partial charge < -0.3 is 19.9 Å². The van der Waals surface area contributed by atoms with Gasteiger partial charge in [0, 0.05) is 12.6 Å². The van der Waals surface area contributed by atoms with Crippen LogP contribution < -0.4 is 0 Å². The molecule has 2 atom stereocenters. The van der Waals surface area contributed by atoms with E-state index in [-0.39, 0.29) is 18.6 Å². The molecule has 0 aliphatic carbocycles. The van der Waals surface area contributed by atoms with Crippen molar-refractivity contribution in [2.75, 3.05) is 33.0 Å². The second-order valence-electron chi connectivity index (χ2n) is 6.59. The van der Waals surface area contributed by atoms with Gasteiger partial charge >= 0.3 is 0 Å². The monoisotopic (exact) mass is 348 g/mol. The van der Waals surface area contributed by atoms with Crippen molar-refractivity contribution in [1.29, 1.82) is 0 Å². The molecule has 1 fully saturated rings. The van der Waals surface area contributed by atoms with E-state index in [1.165, 1.54) is 17.3 Å². The first kappa shape index (κ1) is 17.3. The van der Waals surface area contributed by atoms with Gasteiger partial charge in [0.05, 0.1) is 29.4 Å². The van der Waals surface area contributed by atoms with E-state index >= 15 is 0 Å². The number of likely N-dealkylation sites (tertiary alicyclic amines) is 1. The molecular weight excluding hydrogens is 324 g/mol. The summed E-state index contributed by atoms with van der Waals surface area (Å²) in [6.45, 7) is 2.74. The Bertz CT molecular complexity index is 730. The van der Waals surface area contributed by atoms with Crippen LogP contribution in [0.2, 0.25) is 0 Å². The fourth-order valence-electron chi connectivity index (χ4n) is 3.13. The summed E-state index contributed by atoms with van der Waals surface area (Å²) >= 11 is 1.42. The number of carbonyl (C=O) groups is 1. The molecule has 6 nitrogen and oxygen atoms in total. The normalized spacial score (nSPS) is 21.1. The second kappa shape index (κ2) is 7.13. The van der Waals surface area contributed by atoms with E-state index in [4.69, 9.17) is 0 Å². The van der Waals surface area contributed by atoms with E-state index in [2.05, 4.69) is 20.9 Å². The lowest BCUT2D eigenvalue weighted by atomic mass is 10.2. The Morgan fingerprint density at radius 1 is 1.50 bits per heavy atom. The van der Waals surface area contributed by atoms with Crippen LogP contribution in [0.1, 0.15) is 12.0 Å². The van der Waals surface area contributed by atoms with E-state index in [9.17, 15) is 9.90 Å². The van der Waals surface area contributed by atoms with Crippen LogP contribution in [0.15, 0.2) is 23.4 Å². The SMILES string of the molecule is Cc1ccc2nc(SCC(=O)N3C[C@H](N(C)C)C[C@H]3CO)[nH]c2c1. The number of nitrogens with zero attached hydrogens (tertiary/aromatic N) is 3. The minimum absolute atomic E-state index is 0.0185. The van der Waals surface area contributed by atoms with Crippen molar-refractivity contribution >= 4 is 28.7 Å². The molecule has 1 saturated heterocycles. The average molecular weight is 348 g/mol. The van der Waals surface area contributed by atoms with Crippen LogP contribution in [-0.2, 0) is 4.79 Å². The largest absolute Gasteiger partial charge is 0.394 e. The van der Waals surface area contributed by atoms with Gasteiger partial charge in [-0.1, -0.05) is 17.8 Å². The highest BCUT2D eigenvalue weighted by molar-refractivity contribution is 7.99. The maximum absolute atomic E-state index is 12.6. The van der Waals surface area contributed by atoms with Crippen molar-refractivity contribution in [2.24, 2.45) is 0 Å². The fourth-order valence-corrected chi connectivity index (χ4v) is 3.90. The zero-order valence-corrected chi connectivity index (χ0v) is 15.1. The highest BCUT2D eigenvalue weighted by Crippen LogP contribution is 2.24. The molecule has 0 radical (unpaired) electrons. The lowest BCUT2D eigenvalue weighted by Crippen LogP contribution is -2.39. The van der Waals surface area contributed by atoms with Gasteiger partial charge in [0.25, 0.3) is 0 Å². The summed E-state index contributed by atoms with van der Waals surface area (Å²) in [6.07, 6.45) is 0.823. The first-order valence-corrected chi connectivity index (χ1v) is 9.12. The lowest BCUT2D eigenvalue weighted by molar-refractivity contribution is -0.129. The van der Waals surface area contributed by atoms with Gasteiger partial charge in [-0.2, -0.15) is 0 Å². The molecule has 0 saturated carbocycles. The Morgan fingerprint density at radius 3 is 3.00 bits per heavy atom. The number of likely N-dealkylation sites (N-methyl/N-ethyl adjacent to an activating group) is 1. The number of aliphatic hydroxyl groups excluding tert-OH is 1. The minimum Gasteiger partial charge on any atom is -0.394 e. The van der Waals surface area contributed by atoms with Crippen molar-refractivity contribution in [3.63, 3.8) is 0 Å². The number of fused-ring (bicyclic) bond motifs is 1. The molecule has 1 aromatic heterocycles. The van der Waals surface area contributed by atoms with Crippen LogP contribution >= 0.6 is 11.8 Å². The van der Waals surface area contributed by atoms with E-state index in [1.54, 1.807) is 0 Å². The van der Waals surface area contributed by atoms with Crippen LogP contribution in [0.5, 0.6) is 0 Å². The number of hydrogen-bond donors (Lipinski definition) is 2. The summed E-state index contributed by atoms with van der Waals surface area (Å²) in [5.41, 5.74) is 3.08. The van der Waals surface area contributed by atoms with E-state index in [1.807, 2.05) is 38.1 Å². The van der Waals surface area contributed by atoms with Gasteiger partial charge in [0.2, 0.25) is 5.91 Å². The van der Waals surface area contributed by atoms with Crippen LogP contribution in [0, 0.1) is 6.92 Å². The molecule has 1 aromatic carbocycles. The molecule has 24 heavy (non-hydrogen) atoms. The third-order valence-electron chi connectivity index (χ3n) is 4.60. The highest BCUT2D eigenvalue weighted by atomic mass is 32.2. The quantitative estimate of drug-likeness (QED) is 0.801. The first-order valence-electron chi connectivity index (χ1n) is 8.14. The summed E-state index contributed by atoms with van der Waals surface area (Å²) in [4.78, 5) is 24.3. The molecule has 7 heteroatoms.